The van der Waals surface area contributed by atoms with Crippen molar-refractivity contribution >= 4 is 12.6 Å². The molecule has 0 bridgehead atoms. The quantitative estimate of drug-likeness (QED) is 0.365. The second-order valence-corrected chi connectivity index (χ2v) is 10.4. The first-order chi connectivity index (χ1) is 14.8. The fourth-order valence-electron chi connectivity index (χ4n) is 4.85. The van der Waals surface area contributed by atoms with Crippen LogP contribution in [0.5, 0.6) is 0 Å². The summed E-state index contributed by atoms with van der Waals surface area (Å²) in [5.41, 5.74) is 5.65. The number of rotatable bonds is 8. The highest BCUT2D eigenvalue weighted by atomic mass is 16.7. The van der Waals surface area contributed by atoms with Crippen molar-refractivity contribution in [1.29, 1.82) is 0 Å². The van der Waals surface area contributed by atoms with Crippen LogP contribution in [0.15, 0.2) is 36.5 Å². The van der Waals surface area contributed by atoms with Crippen molar-refractivity contribution in [1.82, 2.24) is 4.98 Å². The van der Waals surface area contributed by atoms with Gasteiger partial charge in [0.15, 0.2) is 0 Å². The maximum Gasteiger partial charge on any atom is 0.496 e. The van der Waals surface area contributed by atoms with Gasteiger partial charge in [-0.05, 0) is 76.1 Å². The summed E-state index contributed by atoms with van der Waals surface area (Å²) in [4.78, 5) is 4.75. The average molecular weight is 419 g/mol. The zero-order valence-electron chi connectivity index (χ0n) is 20.0. The van der Waals surface area contributed by atoms with E-state index in [4.69, 9.17) is 14.3 Å². The van der Waals surface area contributed by atoms with Gasteiger partial charge in [-0.3, -0.25) is 4.98 Å². The summed E-state index contributed by atoms with van der Waals surface area (Å²) in [6.07, 6.45) is 12.6. The third-order valence-electron chi connectivity index (χ3n) is 7.61. The maximum atomic E-state index is 6.16. The van der Waals surface area contributed by atoms with Crippen LogP contribution in [0.2, 0.25) is 0 Å². The molecule has 1 unspecified atom stereocenters. The van der Waals surface area contributed by atoms with Crippen molar-refractivity contribution in [2.24, 2.45) is 0 Å². The lowest BCUT2D eigenvalue weighted by Crippen LogP contribution is -2.41. The molecule has 1 atom stereocenters. The summed E-state index contributed by atoms with van der Waals surface area (Å²) in [5.74, 6) is 0.754. The van der Waals surface area contributed by atoms with E-state index in [1.165, 1.54) is 62.5 Å². The predicted molar refractivity (Wildman–Crippen MR) is 130 cm³/mol. The Kier molecular flexibility index (Phi) is 6.60. The van der Waals surface area contributed by atoms with Crippen LogP contribution in [0, 0.1) is 0 Å². The molecule has 0 spiro atoms. The minimum atomic E-state index is -0.357. The molecular formula is C27H38BNO2. The van der Waals surface area contributed by atoms with Crippen LogP contribution in [-0.4, -0.2) is 23.3 Å². The number of unbranched alkanes of at least 4 members (excludes halogenated alkanes) is 4. The molecule has 0 amide bonds. The van der Waals surface area contributed by atoms with E-state index in [1.807, 2.05) is 6.20 Å². The first-order valence-electron chi connectivity index (χ1n) is 12.3. The Morgan fingerprint density at radius 2 is 1.71 bits per heavy atom. The highest BCUT2D eigenvalue weighted by molar-refractivity contribution is 6.62. The molecule has 1 fully saturated rings. The normalized spacial score (nSPS) is 21.5. The van der Waals surface area contributed by atoms with Gasteiger partial charge in [0.1, 0.15) is 0 Å². The second-order valence-electron chi connectivity index (χ2n) is 10.4. The van der Waals surface area contributed by atoms with Crippen LogP contribution in [-0.2, 0) is 15.7 Å². The van der Waals surface area contributed by atoms with Gasteiger partial charge in [0.05, 0.1) is 16.9 Å². The Hall–Kier alpha value is -1.65. The van der Waals surface area contributed by atoms with Gasteiger partial charge < -0.3 is 9.31 Å². The predicted octanol–water partition coefficient (Wildman–Crippen LogP) is 6.44. The maximum absolute atomic E-state index is 6.16. The summed E-state index contributed by atoms with van der Waals surface area (Å²) in [7, 11) is -0.357. The lowest BCUT2D eigenvalue weighted by atomic mass is 9.80. The summed E-state index contributed by atoms with van der Waals surface area (Å²) < 4.78 is 12.3. The molecule has 2 aliphatic rings. The van der Waals surface area contributed by atoms with Crippen LogP contribution in [0.1, 0.15) is 96.6 Å². The highest BCUT2D eigenvalue weighted by Crippen LogP contribution is 2.39. The minimum absolute atomic E-state index is 0.330. The number of nitrogens with zero attached hydrogens (tertiary/aromatic N) is 1. The van der Waals surface area contributed by atoms with E-state index >= 15 is 0 Å². The number of benzene rings is 1. The standard InChI is InChI=1S/C27H38BNO2/c1-6-7-8-9-10-11-20-12-13-21-18-22(14-16-24(20)21)25-17-15-23(19-29-25)28-30-26(2,3)27(4,5)31-28/h14-20H,6-13H2,1-5H3. The second kappa shape index (κ2) is 9.07. The molecular weight excluding hydrogens is 381 g/mol. The molecule has 0 radical (unpaired) electrons. The van der Waals surface area contributed by atoms with Crippen LogP contribution < -0.4 is 5.46 Å². The number of hydrogen-bond donors (Lipinski definition) is 0. The molecule has 1 aliphatic carbocycles. The van der Waals surface area contributed by atoms with Crippen LogP contribution in [0.3, 0.4) is 0 Å². The van der Waals surface area contributed by atoms with E-state index in [0.717, 1.165) is 17.1 Å². The van der Waals surface area contributed by atoms with Gasteiger partial charge >= 0.3 is 7.12 Å². The van der Waals surface area contributed by atoms with Crippen molar-refractivity contribution < 1.29 is 9.31 Å². The monoisotopic (exact) mass is 419 g/mol. The number of pyridine rings is 1. The van der Waals surface area contributed by atoms with E-state index in [1.54, 1.807) is 5.56 Å². The van der Waals surface area contributed by atoms with Gasteiger partial charge in [0.25, 0.3) is 0 Å². The third-order valence-corrected chi connectivity index (χ3v) is 7.61. The Balaban J connectivity index is 1.41. The van der Waals surface area contributed by atoms with Gasteiger partial charge in [-0.1, -0.05) is 57.2 Å². The lowest BCUT2D eigenvalue weighted by Gasteiger charge is -2.32. The molecule has 3 nitrogen and oxygen atoms in total. The van der Waals surface area contributed by atoms with Crippen molar-refractivity contribution in [3.05, 3.63) is 47.7 Å². The van der Waals surface area contributed by atoms with Gasteiger partial charge in [0, 0.05) is 17.2 Å². The summed E-state index contributed by atoms with van der Waals surface area (Å²) in [6.45, 7) is 10.6. The number of aryl methyl sites for hydroxylation is 1. The molecule has 4 heteroatoms. The van der Waals surface area contributed by atoms with E-state index in [0.29, 0.717) is 0 Å². The van der Waals surface area contributed by atoms with Crippen LogP contribution in [0.4, 0.5) is 0 Å². The molecule has 4 rings (SSSR count). The molecule has 166 valence electrons. The van der Waals surface area contributed by atoms with Gasteiger partial charge in [-0.2, -0.15) is 0 Å². The van der Waals surface area contributed by atoms with E-state index in [9.17, 15) is 0 Å². The Labute approximate surface area is 189 Å². The van der Waals surface area contributed by atoms with E-state index < -0.39 is 0 Å². The molecule has 1 aromatic heterocycles. The molecule has 2 heterocycles. The fourth-order valence-corrected chi connectivity index (χ4v) is 4.85. The summed E-state index contributed by atoms with van der Waals surface area (Å²) >= 11 is 0. The third kappa shape index (κ3) is 4.76. The average Bonchev–Trinajstić information content (AvgIpc) is 3.24. The Morgan fingerprint density at radius 1 is 0.968 bits per heavy atom. The zero-order chi connectivity index (χ0) is 22.1. The lowest BCUT2D eigenvalue weighted by molar-refractivity contribution is 0.00578. The van der Waals surface area contributed by atoms with E-state index in [2.05, 4.69) is 65.0 Å². The first kappa shape index (κ1) is 22.5. The summed E-state index contributed by atoms with van der Waals surface area (Å²) in [6, 6.07) is 11.2. The number of aromatic nitrogens is 1. The minimum Gasteiger partial charge on any atom is -0.399 e. The summed E-state index contributed by atoms with van der Waals surface area (Å²) in [5, 5.41) is 0. The molecule has 0 N–H and O–H groups in total. The largest absolute Gasteiger partial charge is 0.496 e. The smallest absolute Gasteiger partial charge is 0.399 e. The molecule has 1 aromatic carbocycles. The van der Waals surface area contributed by atoms with Crippen LogP contribution in [0.25, 0.3) is 11.3 Å². The van der Waals surface area contributed by atoms with Gasteiger partial charge in [-0.25, -0.2) is 0 Å². The number of fused-ring (bicyclic) bond motifs is 1. The zero-order valence-corrected chi connectivity index (χ0v) is 20.0. The van der Waals surface area contributed by atoms with Gasteiger partial charge in [-0.15, -0.1) is 0 Å². The highest BCUT2D eigenvalue weighted by Gasteiger charge is 2.51. The first-order valence-corrected chi connectivity index (χ1v) is 12.3. The van der Waals surface area contributed by atoms with Gasteiger partial charge in [0.2, 0.25) is 0 Å². The Morgan fingerprint density at radius 3 is 2.39 bits per heavy atom. The molecule has 31 heavy (non-hydrogen) atoms. The van der Waals surface area contributed by atoms with Crippen molar-refractivity contribution in [2.75, 3.05) is 0 Å². The SMILES string of the molecule is CCCCCCCC1CCc2cc(-c3ccc(B4OC(C)(C)C(C)(C)O4)cn3)ccc21. The Bertz CT molecular complexity index is 875. The molecule has 1 aliphatic heterocycles. The molecule has 2 aromatic rings. The number of hydrogen-bond acceptors (Lipinski definition) is 3. The topological polar surface area (TPSA) is 31.4 Å². The van der Waals surface area contributed by atoms with Crippen molar-refractivity contribution in [3.63, 3.8) is 0 Å². The van der Waals surface area contributed by atoms with E-state index in [-0.39, 0.29) is 18.3 Å². The van der Waals surface area contributed by atoms with Crippen LogP contribution >= 0.6 is 0 Å². The van der Waals surface area contributed by atoms with Crippen molar-refractivity contribution in [3.8, 4) is 11.3 Å². The molecule has 1 saturated heterocycles. The fraction of sp³-hybridized carbons (Fsp3) is 0.593. The molecule has 0 saturated carbocycles. The van der Waals surface area contributed by atoms with Crippen molar-refractivity contribution in [2.45, 2.75) is 103 Å².